The van der Waals surface area contributed by atoms with Crippen molar-refractivity contribution >= 4 is 11.6 Å². The van der Waals surface area contributed by atoms with E-state index in [1.807, 2.05) is 62.4 Å². The number of benzene rings is 3. The zero-order chi connectivity index (χ0) is 19.8. The minimum absolute atomic E-state index is 0.136. The van der Waals surface area contributed by atoms with Crippen molar-refractivity contribution in [3.63, 3.8) is 0 Å². The summed E-state index contributed by atoms with van der Waals surface area (Å²) in [7, 11) is 0. The van der Waals surface area contributed by atoms with Crippen LogP contribution < -0.4 is 19.5 Å². The van der Waals surface area contributed by atoms with Gasteiger partial charge in [-0.2, -0.15) is 0 Å². The molecular formula is C23H23NO4. The molecule has 28 heavy (non-hydrogen) atoms. The first-order valence-electron chi connectivity index (χ1n) is 9.13. The van der Waals surface area contributed by atoms with E-state index in [2.05, 4.69) is 5.32 Å². The molecule has 0 unspecified atom stereocenters. The number of nitrogens with one attached hydrogen (secondary N) is 1. The Morgan fingerprint density at radius 2 is 1.43 bits per heavy atom. The predicted octanol–water partition coefficient (Wildman–Crippen LogP) is 5.20. The van der Waals surface area contributed by atoms with Gasteiger partial charge in [0, 0.05) is 0 Å². The molecule has 0 aliphatic carbocycles. The van der Waals surface area contributed by atoms with Gasteiger partial charge in [0.1, 0.15) is 5.75 Å². The number of anilines is 1. The maximum absolute atomic E-state index is 12.4. The standard InChI is InChI=1S/C23H23NO4/c1-3-26-21-10-6-7-11-22(21)27-16-23(25)24-19-8-4-5-9-20(19)28-18-14-12-17(2)13-15-18/h4-15H,3,16H2,1-2H3,(H,24,25). The van der Waals surface area contributed by atoms with Crippen LogP contribution >= 0.6 is 0 Å². The van der Waals surface area contributed by atoms with Gasteiger partial charge < -0.3 is 19.5 Å². The largest absolute Gasteiger partial charge is 0.490 e. The molecule has 5 nitrogen and oxygen atoms in total. The Kier molecular flexibility index (Phi) is 6.52. The summed E-state index contributed by atoms with van der Waals surface area (Å²) in [6.45, 7) is 4.30. The van der Waals surface area contributed by atoms with E-state index in [1.54, 1.807) is 24.3 Å². The minimum Gasteiger partial charge on any atom is -0.490 e. The van der Waals surface area contributed by atoms with Crippen LogP contribution in [-0.2, 0) is 4.79 Å². The lowest BCUT2D eigenvalue weighted by atomic mass is 10.2. The minimum atomic E-state index is -0.286. The zero-order valence-corrected chi connectivity index (χ0v) is 16.0. The highest BCUT2D eigenvalue weighted by molar-refractivity contribution is 5.93. The molecule has 0 bridgehead atoms. The molecule has 0 atom stereocenters. The molecule has 0 saturated carbocycles. The van der Waals surface area contributed by atoms with Gasteiger partial charge in [-0.05, 0) is 50.2 Å². The van der Waals surface area contributed by atoms with E-state index in [0.717, 1.165) is 5.56 Å². The summed E-state index contributed by atoms with van der Waals surface area (Å²) < 4.78 is 17.0. The molecule has 1 N–H and O–H groups in total. The van der Waals surface area contributed by atoms with Gasteiger partial charge in [0.25, 0.3) is 5.91 Å². The van der Waals surface area contributed by atoms with Gasteiger partial charge in [0.2, 0.25) is 0 Å². The highest BCUT2D eigenvalue weighted by atomic mass is 16.5. The van der Waals surface area contributed by atoms with Crippen molar-refractivity contribution in [2.24, 2.45) is 0 Å². The summed E-state index contributed by atoms with van der Waals surface area (Å²) in [5.41, 5.74) is 1.73. The third-order valence-electron chi connectivity index (χ3n) is 3.92. The average molecular weight is 377 g/mol. The van der Waals surface area contributed by atoms with Crippen LogP contribution in [0.2, 0.25) is 0 Å². The Hall–Kier alpha value is -3.47. The van der Waals surface area contributed by atoms with Gasteiger partial charge in [0.05, 0.1) is 12.3 Å². The second-order valence-corrected chi connectivity index (χ2v) is 6.13. The summed E-state index contributed by atoms with van der Waals surface area (Å²) >= 11 is 0. The molecule has 3 aromatic carbocycles. The third-order valence-corrected chi connectivity index (χ3v) is 3.92. The monoisotopic (exact) mass is 377 g/mol. The summed E-state index contributed by atoms with van der Waals surface area (Å²) in [6, 6.07) is 22.3. The number of carbonyl (C=O) groups excluding carboxylic acids is 1. The van der Waals surface area contributed by atoms with Crippen molar-refractivity contribution in [3.8, 4) is 23.0 Å². The summed E-state index contributed by atoms with van der Waals surface area (Å²) in [6.07, 6.45) is 0. The molecule has 0 aromatic heterocycles. The van der Waals surface area contributed by atoms with Crippen LogP contribution in [0.4, 0.5) is 5.69 Å². The zero-order valence-electron chi connectivity index (χ0n) is 16.0. The van der Waals surface area contributed by atoms with Crippen molar-refractivity contribution < 1.29 is 19.0 Å². The number of aryl methyl sites for hydroxylation is 1. The van der Waals surface area contributed by atoms with Crippen molar-refractivity contribution in [2.75, 3.05) is 18.5 Å². The maximum Gasteiger partial charge on any atom is 0.262 e. The quantitative estimate of drug-likeness (QED) is 0.586. The number of amides is 1. The Morgan fingerprint density at radius 3 is 2.11 bits per heavy atom. The molecule has 3 aromatic rings. The fourth-order valence-electron chi connectivity index (χ4n) is 2.57. The van der Waals surface area contributed by atoms with Crippen molar-refractivity contribution in [1.29, 1.82) is 0 Å². The molecule has 0 heterocycles. The molecule has 0 aliphatic rings. The van der Waals surface area contributed by atoms with Crippen LogP contribution in [-0.4, -0.2) is 19.1 Å². The molecule has 0 radical (unpaired) electrons. The van der Waals surface area contributed by atoms with Gasteiger partial charge in [-0.3, -0.25) is 4.79 Å². The maximum atomic E-state index is 12.4. The normalized spacial score (nSPS) is 10.2. The molecule has 0 spiro atoms. The van der Waals surface area contributed by atoms with Crippen LogP contribution in [0, 0.1) is 6.92 Å². The predicted molar refractivity (Wildman–Crippen MR) is 109 cm³/mol. The Balaban J connectivity index is 1.64. The fraction of sp³-hybridized carbons (Fsp3) is 0.174. The molecule has 0 aliphatic heterocycles. The van der Waals surface area contributed by atoms with Gasteiger partial charge in [-0.15, -0.1) is 0 Å². The van der Waals surface area contributed by atoms with E-state index in [-0.39, 0.29) is 12.5 Å². The van der Waals surface area contributed by atoms with E-state index in [1.165, 1.54) is 0 Å². The molecule has 144 valence electrons. The van der Waals surface area contributed by atoms with Crippen LogP contribution in [0.5, 0.6) is 23.0 Å². The summed E-state index contributed by atoms with van der Waals surface area (Å²) in [5.74, 6) is 2.12. The fourth-order valence-corrected chi connectivity index (χ4v) is 2.57. The van der Waals surface area contributed by atoms with Crippen LogP contribution in [0.1, 0.15) is 12.5 Å². The third kappa shape index (κ3) is 5.27. The lowest BCUT2D eigenvalue weighted by Gasteiger charge is -2.14. The number of hydrogen-bond donors (Lipinski definition) is 1. The van der Waals surface area contributed by atoms with Crippen molar-refractivity contribution in [1.82, 2.24) is 0 Å². The van der Waals surface area contributed by atoms with E-state index in [4.69, 9.17) is 14.2 Å². The number of para-hydroxylation sites is 4. The smallest absolute Gasteiger partial charge is 0.262 e. The number of rotatable bonds is 8. The van der Waals surface area contributed by atoms with Gasteiger partial charge >= 0.3 is 0 Å². The second kappa shape index (κ2) is 9.46. The Labute approximate surface area is 164 Å². The average Bonchev–Trinajstić information content (AvgIpc) is 2.71. The van der Waals surface area contributed by atoms with Crippen molar-refractivity contribution in [2.45, 2.75) is 13.8 Å². The van der Waals surface area contributed by atoms with E-state index >= 15 is 0 Å². The van der Waals surface area contributed by atoms with Gasteiger partial charge in [-0.25, -0.2) is 0 Å². The Bertz CT molecular complexity index is 922. The van der Waals surface area contributed by atoms with Crippen LogP contribution in [0.3, 0.4) is 0 Å². The number of ether oxygens (including phenoxy) is 3. The molecular weight excluding hydrogens is 354 g/mol. The number of hydrogen-bond acceptors (Lipinski definition) is 4. The molecule has 5 heteroatoms. The number of carbonyl (C=O) groups is 1. The van der Waals surface area contributed by atoms with Gasteiger partial charge in [-0.1, -0.05) is 42.0 Å². The lowest BCUT2D eigenvalue weighted by molar-refractivity contribution is -0.118. The highest BCUT2D eigenvalue weighted by Crippen LogP contribution is 2.30. The summed E-state index contributed by atoms with van der Waals surface area (Å²) in [4.78, 5) is 12.4. The van der Waals surface area contributed by atoms with E-state index in [9.17, 15) is 4.79 Å². The molecule has 0 saturated heterocycles. The first kappa shape index (κ1) is 19.3. The van der Waals surface area contributed by atoms with Crippen LogP contribution in [0.25, 0.3) is 0 Å². The van der Waals surface area contributed by atoms with Gasteiger partial charge in [0.15, 0.2) is 23.9 Å². The highest BCUT2D eigenvalue weighted by Gasteiger charge is 2.11. The van der Waals surface area contributed by atoms with Crippen molar-refractivity contribution in [3.05, 3.63) is 78.4 Å². The topological polar surface area (TPSA) is 56.8 Å². The Morgan fingerprint density at radius 1 is 0.821 bits per heavy atom. The van der Waals surface area contributed by atoms with Crippen LogP contribution in [0.15, 0.2) is 72.8 Å². The van der Waals surface area contributed by atoms with E-state index in [0.29, 0.717) is 35.3 Å². The molecule has 0 fully saturated rings. The second-order valence-electron chi connectivity index (χ2n) is 6.13. The SMILES string of the molecule is CCOc1ccccc1OCC(=O)Nc1ccccc1Oc1ccc(C)cc1. The molecule has 3 rings (SSSR count). The first-order chi connectivity index (χ1) is 13.7. The molecule has 1 amide bonds. The summed E-state index contributed by atoms with van der Waals surface area (Å²) in [5, 5.41) is 2.83. The van der Waals surface area contributed by atoms with E-state index < -0.39 is 0 Å². The first-order valence-corrected chi connectivity index (χ1v) is 9.13. The lowest BCUT2D eigenvalue weighted by Crippen LogP contribution is -2.20.